The molecule has 1 heteroatoms. The average Bonchev–Trinajstić information content (AvgIpc) is 2.00. The van der Waals surface area contributed by atoms with Gasteiger partial charge in [-0.05, 0) is 32.3 Å². The largest absolute Gasteiger partial charge is 0.295 e. The van der Waals surface area contributed by atoms with Gasteiger partial charge in [0.25, 0.3) is 0 Å². The highest BCUT2D eigenvalue weighted by Crippen LogP contribution is 2.07. The Kier molecular flexibility index (Phi) is 5.35. The van der Waals surface area contributed by atoms with Gasteiger partial charge in [0, 0.05) is 6.42 Å². The fourth-order valence-corrected chi connectivity index (χ4v) is 0.975. The van der Waals surface area contributed by atoms with Crippen LogP contribution in [-0.4, -0.2) is 5.78 Å². The van der Waals surface area contributed by atoms with Gasteiger partial charge in [-0.25, -0.2) is 0 Å². The molecule has 68 valence electrons. The van der Waals surface area contributed by atoms with Crippen molar-refractivity contribution in [1.82, 2.24) is 0 Å². The molecule has 0 spiro atoms. The lowest BCUT2D eigenvalue weighted by molar-refractivity contribution is -0.115. The molecule has 0 N–H and O–H groups in total. The highest BCUT2D eigenvalue weighted by Gasteiger charge is 2.01. The monoisotopic (exact) mass is 166 g/mol. The van der Waals surface area contributed by atoms with E-state index in [0.29, 0.717) is 12.0 Å². The van der Waals surface area contributed by atoms with Gasteiger partial charge in [-0.15, -0.1) is 0 Å². The number of carbonyl (C=O) groups excluding carboxylic acids is 1. The second-order valence-corrected chi connectivity index (χ2v) is 3.16. The Bertz CT molecular complexity index is 199. The van der Waals surface area contributed by atoms with Gasteiger partial charge in [0.2, 0.25) is 0 Å². The van der Waals surface area contributed by atoms with Crippen LogP contribution in [0.3, 0.4) is 0 Å². The molecule has 1 nitrogen and oxygen atoms in total. The Balaban J connectivity index is 3.76. The first-order valence-corrected chi connectivity index (χ1v) is 4.42. The summed E-state index contributed by atoms with van der Waals surface area (Å²) in [6.45, 7) is 9.54. The summed E-state index contributed by atoms with van der Waals surface area (Å²) in [7, 11) is 0. The van der Waals surface area contributed by atoms with Crippen molar-refractivity contribution in [2.45, 2.75) is 40.0 Å². The number of rotatable bonds is 5. The van der Waals surface area contributed by atoms with Crippen LogP contribution in [0.5, 0.6) is 0 Å². The predicted molar refractivity (Wildman–Crippen MR) is 53.1 cm³/mol. The van der Waals surface area contributed by atoms with E-state index in [9.17, 15) is 4.79 Å². The number of hydrogen-bond donors (Lipinski definition) is 0. The van der Waals surface area contributed by atoms with E-state index in [-0.39, 0.29) is 5.78 Å². The summed E-state index contributed by atoms with van der Waals surface area (Å²) < 4.78 is 0. The normalized spacial score (nSPS) is 11.4. The Morgan fingerprint density at radius 3 is 2.33 bits per heavy atom. The zero-order valence-corrected chi connectivity index (χ0v) is 8.31. The van der Waals surface area contributed by atoms with E-state index in [4.69, 9.17) is 0 Å². The van der Waals surface area contributed by atoms with Gasteiger partial charge in [-0.3, -0.25) is 4.79 Å². The van der Waals surface area contributed by atoms with Crippen LogP contribution in [0.4, 0.5) is 0 Å². The summed E-state index contributed by atoms with van der Waals surface area (Å²) in [6.07, 6.45) is 4.69. The minimum atomic E-state index is 0.179. The molecule has 0 aromatic heterocycles. The van der Waals surface area contributed by atoms with Crippen molar-refractivity contribution in [3.8, 4) is 0 Å². The van der Waals surface area contributed by atoms with Gasteiger partial charge >= 0.3 is 0 Å². The summed E-state index contributed by atoms with van der Waals surface area (Å²) >= 11 is 0. The summed E-state index contributed by atoms with van der Waals surface area (Å²) in [4.78, 5) is 11.1. The maximum absolute atomic E-state index is 11.1. The van der Waals surface area contributed by atoms with Crippen LogP contribution in [0.2, 0.25) is 0 Å². The Labute approximate surface area is 75.2 Å². The molecule has 0 aromatic carbocycles. The molecule has 0 aliphatic rings. The fraction of sp³-hybridized carbons (Fsp3) is 0.545. The molecule has 0 amide bonds. The first-order valence-electron chi connectivity index (χ1n) is 4.42. The molecule has 0 aromatic rings. The fourth-order valence-electron chi connectivity index (χ4n) is 0.975. The Morgan fingerprint density at radius 2 is 1.92 bits per heavy atom. The van der Waals surface area contributed by atoms with Gasteiger partial charge in [-0.1, -0.05) is 25.2 Å². The third-order valence-electron chi connectivity index (χ3n) is 1.77. The van der Waals surface area contributed by atoms with Crippen LogP contribution < -0.4 is 0 Å². The maximum atomic E-state index is 11.1. The number of allylic oxidation sites excluding steroid dienone is 3. The summed E-state index contributed by atoms with van der Waals surface area (Å²) in [6, 6.07) is 0. The Hall–Kier alpha value is -0.850. The molecule has 0 heterocycles. The smallest absolute Gasteiger partial charge is 0.158 e. The van der Waals surface area contributed by atoms with Crippen molar-refractivity contribution < 1.29 is 4.79 Å². The van der Waals surface area contributed by atoms with Gasteiger partial charge in [-0.2, -0.15) is 0 Å². The second kappa shape index (κ2) is 5.76. The highest BCUT2D eigenvalue weighted by molar-refractivity contribution is 5.94. The first-order chi connectivity index (χ1) is 5.57. The number of ketones is 1. The van der Waals surface area contributed by atoms with Crippen LogP contribution >= 0.6 is 0 Å². The topological polar surface area (TPSA) is 17.1 Å². The molecular weight excluding hydrogens is 148 g/mol. The van der Waals surface area contributed by atoms with Crippen molar-refractivity contribution in [2.75, 3.05) is 0 Å². The molecule has 0 aliphatic carbocycles. The molecule has 0 saturated carbocycles. The van der Waals surface area contributed by atoms with Crippen LogP contribution in [0.15, 0.2) is 23.8 Å². The standard InChI is InChI=1S/C11H18O/c1-5-6-10(4)7-8-11(12)9(2)3/h6H,2,5,7-8H2,1,3-4H3/b10-6+. The lowest BCUT2D eigenvalue weighted by atomic mass is 10.1. The summed E-state index contributed by atoms with van der Waals surface area (Å²) in [5.74, 6) is 0.179. The number of hydrogen-bond acceptors (Lipinski definition) is 1. The van der Waals surface area contributed by atoms with Crippen molar-refractivity contribution in [3.05, 3.63) is 23.8 Å². The minimum Gasteiger partial charge on any atom is -0.295 e. The molecule has 0 fully saturated rings. The van der Waals surface area contributed by atoms with Crippen LogP contribution in [0, 0.1) is 0 Å². The minimum absolute atomic E-state index is 0.179. The SMILES string of the molecule is C=C(C)C(=O)CC/C(C)=C/CC. The zero-order chi connectivity index (χ0) is 9.56. The molecule has 0 unspecified atom stereocenters. The van der Waals surface area contributed by atoms with Gasteiger partial charge in [0.1, 0.15) is 0 Å². The zero-order valence-electron chi connectivity index (χ0n) is 8.31. The van der Waals surface area contributed by atoms with E-state index in [0.717, 1.165) is 12.8 Å². The first kappa shape index (κ1) is 11.2. The third-order valence-corrected chi connectivity index (χ3v) is 1.77. The van der Waals surface area contributed by atoms with Crippen LogP contribution in [-0.2, 0) is 4.79 Å². The molecule has 0 radical (unpaired) electrons. The van der Waals surface area contributed by atoms with E-state index in [1.807, 2.05) is 0 Å². The van der Waals surface area contributed by atoms with E-state index in [1.54, 1.807) is 6.92 Å². The number of carbonyl (C=O) groups is 1. The summed E-state index contributed by atoms with van der Waals surface area (Å²) in [5, 5.41) is 0. The van der Waals surface area contributed by atoms with Gasteiger partial charge in [0.15, 0.2) is 5.78 Å². The highest BCUT2D eigenvalue weighted by atomic mass is 16.1. The molecule has 0 rings (SSSR count). The molecule has 0 aliphatic heterocycles. The van der Waals surface area contributed by atoms with Crippen LogP contribution in [0.25, 0.3) is 0 Å². The predicted octanol–water partition coefficient (Wildman–Crippen LogP) is 3.27. The van der Waals surface area contributed by atoms with Gasteiger partial charge < -0.3 is 0 Å². The lowest BCUT2D eigenvalue weighted by Crippen LogP contribution is -1.97. The lowest BCUT2D eigenvalue weighted by Gasteiger charge is -1.99. The van der Waals surface area contributed by atoms with E-state index < -0.39 is 0 Å². The average molecular weight is 166 g/mol. The number of Topliss-reactive ketones (excluding diaryl/α,β-unsaturated/α-hetero) is 1. The molecule has 0 saturated heterocycles. The van der Waals surface area contributed by atoms with Gasteiger partial charge in [0.05, 0.1) is 0 Å². The Morgan fingerprint density at radius 1 is 1.33 bits per heavy atom. The van der Waals surface area contributed by atoms with Crippen molar-refractivity contribution in [2.24, 2.45) is 0 Å². The van der Waals surface area contributed by atoms with Crippen molar-refractivity contribution in [3.63, 3.8) is 0 Å². The summed E-state index contributed by atoms with van der Waals surface area (Å²) in [5.41, 5.74) is 1.96. The maximum Gasteiger partial charge on any atom is 0.158 e. The van der Waals surface area contributed by atoms with Crippen molar-refractivity contribution >= 4 is 5.78 Å². The third kappa shape index (κ3) is 4.89. The van der Waals surface area contributed by atoms with Crippen LogP contribution in [0.1, 0.15) is 40.0 Å². The van der Waals surface area contributed by atoms with E-state index >= 15 is 0 Å². The molecule has 12 heavy (non-hydrogen) atoms. The van der Waals surface area contributed by atoms with E-state index in [1.165, 1.54) is 5.57 Å². The quantitative estimate of drug-likeness (QED) is 0.452. The van der Waals surface area contributed by atoms with Crippen molar-refractivity contribution in [1.29, 1.82) is 0 Å². The molecule has 0 atom stereocenters. The van der Waals surface area contributed by atoms with E-state index in [2.05, 4.69) is 26.5 Å². The molecule has 0 bridgehead atoms. The molecular formula is C11H18O. The second-order valence-electron chi connectivity index (χ2n) is 3.16.